The summed E-state index contributed by atoms with van der Waals surface area (Å²) >= 11 is 1.78. The first-order valence-corrected chi connectivity index (χ1v) is 7.39. The van der Waals surface area contributed by atoms with E-state index in [1.165, 1.54) is 11.3 Å². The quantitative estimate of drug-likeness (QED) is 0.803. The van der Waals surface area contributed by atoms with Crippen LogP contribution in [0, 0.1) is 17.8 Å². The Morgan fingerprint density at radius 2 is 2.18 bits per heavy atom. The van der Waals surface area contributed by atoms with E-state index in [2.05, 4.69) is 17.5 Å². The van der Waals surface area contributed by atoms with Crippen molar-refractivity contribution in [1.82, 2.24) is 4.90 Å². The molecule has 0 aromatic carbocycles. The summed E-state index contributed by atoms with van der Waals surface area (Å²) in [6.07, 6.45) is 4.71. The molecule has 2 saturated carbocycles. The van der Waals surface area contributed by atoms with Crippen LogP contribution in [0.25, 0.3) is 0 Å². The highest BCUT2D eigenvalue weighted by Crippen LogP contribution is 2.54. The van der Waals surface area contributed by atoms with Gasteiger partial charge in [0.15, 0.2) is 0 Å². The summed E-state index contributed by atoms with van der Waals surface area (Å²) in [6.45, 7) is 0.866. The number of rotatable bonds is 4. The minimum absolute atomic E-state index is 0.340. The maximum atomic E-state index is 12.2. The summed E-state index contributed by atoms with van der Waals surface area (Å²) in [7, 11) is 1.96. The summed E-state index contributed by atoms with van der Waals surface area (Å²) in [4.78, 5) is 15.5. The molecule has 1 aromatic heterocycles. The average Bonchev–Trinajstić information content (AvgIpc) is 2.81. The van der Waals surface area contributed by atoms with Crippen molar-refractivity contribution < 1.29 is 4.79 Å². The van der Waals surface area contributed by atoms with Crippen LogP contribution in [0.4, 0.5) is 0 Å². The fourth-order valence-electron chi connectivity index (χ4n) is 3.07. The van der Waals surface area contributed by atoms with Crippen LogP contribution in [-0.4, -0.2) is 24.4 Å². The number of thiophene rings is 1. The normalized spacial score (nSPS) is 30.1. The van der Waals surface area contributed by atoms with Gasteiger partial charge in [0.2, 0.25) is 5.91 Å². The average molecular weight is 249 g/mol. The van der Waals surface area contributed by atoms with Gasteiger partial charge in [0.1, 0.15) is 0 Å². The van der Waals surface area contributed by atoms with E-state index >= 15 is 0 Å². The molecule has 2 unspecified atom stereocenters. The number of fused-ring (bicyclic) bond motifs is 1. The first-order valence-electron chi connectivity index (χ1n) is 6.51. The van der Waals surface area contributed by atoms with E-state index in [4.69, 9.17) is 0 Å². The Morgan fingerprint density at radius 3 is 2.82 bits per heavy atom. The number of nitrogens with zero attached hydrogens (tertiary/aromatic N) is 1. The SMILES string of the molecule is CN(CCc1cccs1)C(=O)C1CC2CC2C1. The molecule has 3 heteroatoms. The molecule has 2 nitrogen and oxygen atoms in total. The summed E-state index contributed by atoms with van der Waals surface area (Å²) < 4.78 is 0. The van der Waals surface area contributed by atoms with Gasteiger partial charge in [-0.05, 0) is 49.0 Å². The predicted octanol–water partition coefficient (Wildman–Crippen LogP) is 2.80. The van der Waals surface area contributed by atoms with E-state index in [9.17, 15) is 4.79 Å². The lowest BCUT2D eigenvalue weighted by Gasteiger charge is -2.21. The molecule has 2 aliphatic rings. The largest absolute Gasteiger partial charge is 0.345 e. The zero-order valence-electron chi connectivity index (χ0n) is 10.3. The topological polar surface area (TPSA) is 20.3 Å². The molecule has 2 aliphatic carbocycles. The van der Waals surface area contributed by atoms with Crippen molar-refractivity contribution in [3.05, 3.63) is 22.4 Å². The lowest BCUT2D eigenvalue weighted by molar-refractivity contribution is -0.134. The van der Waals surface area contributed by atoms with Crippen molar-refractivity contribution in [2.24, 2.45) is 17.8 Å². The van der Waals surface area contributed by atoms with Crippen molar-refractivity contribution in [2.45, 2.75) is 25.7 Å². The van der Waals surface area contributed by atoms with Gasteiger partial charge >= 0.3 is 0 Å². The number of hydrogen-bond acceptors (Lipinski definition) is 2. The van der Waals surface area contributed by atoms with Gasteiger partial charge in [-0.25, -0.2) is 0 Å². The lowest BCUT2D eigenvalue weighted by atomic mass is 10.0. The van der Waals surface area contributed by atoms with Crippen LogP contribution in [0.5, 0.6) is 0 Å². The molecule has 1 amide bonds. The Balaban J connectivity index is 1.48. The highest BCUT2D eigenvalue weighted by molar-refractivity contribution is 7.09. The van der Waals surface area contributed by atoms with Gasteiger partial charge in [0.05, 0.1) is 0 Å². The zero-order chi connectivity index (χ0) is 11.8. The number of likely N-dealkylation sites (N-methyl/N-ethyl adjacent to an activating group) is 1. The molecule has 92 valence electrons. The van der Waals surface area contributed by atoms with Gasteiger partial charge in [-0.2, -0.15) is 0 Å². The molecule has 0 bridgehead atoms. The second-order valence-electron chi connectivity index (χ2n) is 5.51. The molecule has 2 fully saturated rings. The van der Waals surface area contributed by atoms with Crippen molar-refractivity contribution in [3.8, 4) is 0 Å². The Morgan fingerprint density at radius 1 is 1.41 bits per heavy atom. The first kappa shape index (κ1) is 11.3. The van der Waals surface area contributed by atoms with Gasteiger partial charge < -0.3 is 4.90 Å². The highest BCUT2D eigenvalue weighted by Gasteiger charge is 2.48. The van der Waals surface area contributed by atoms with Gasteiger partial charge in [0.25, 0.3) is 0 Å². The van der Waals surface area contributed by atoms with Crippen LogP contribution in [-0.2, 0) is 11.2 Å². The minimum Gasteiger partial charge on any atom is -0.345 e. The minimum atomic E-state index is 0.340. The molecule has 0 saturated heterocycles. The number of carbonyl (C=O) groups excluding carboxylic acids is 1. The van der Waals surface area contributed by atoms with Crippen LogP contribution in [0.15, 0.2) is 17.5 Å². The smallest absolute Gasteiger partial charge is 0.225 e. The standard InChI is InChI=1S/C14H19NOS/c1-15(5-4-13-3-2-6-17-13)14(16)12-8-10-7-11(10)9-12/h2-3,6,10-12H,4-5,7-9H2,1H3. The van der Waals surface area contributed by atoms with E-state index in [1.54, 1.807) is 11.3 Å². The molecule has 1 aromatic rings. The maximum absolute atomic E-state index is 12.2. The molecule has 2 atom stereocenters. The second kappa shape index (κ2) is 4.45. The van der Waals surface area contributed by atoms with E-state index < -0.39 is 0 Å². The van der Waals surface area contributed by atoms with Crippen LogP contribution < -0.4 is 0 Å². The van der Waals surface area contributed by atoms with Gasteiger partial charge in [-0.3, -0.25) is 4.79 Å². The van der Waals surface area contributed by atoms with Crippen molar-refractivity contribution >= 4 is 17.2 Å². The molecular weight excluding hydrogens is 230 g/mol. The van der Waals surface area contributed by atoms with E-state index in [0.717, 1.165) is 37.6 Å². The fraction of sp³-hybridized carbons (Fsp3) is 0.643. The Bertz CT molecular complexity index is 390. The second-order valence-corrected chi connectivity index (χ2v) is 6.55. The van der Waals surface area contributed by atoms with E-state index in [0.29, 0.717) is 11.8 Å². The van der Waals surface area contributed by atoms with Crippen molar-refractivity contribution in [1.29, 1.82) is 0 Å². The number of hydrogen-bond donors (Lipinski definition) is 0. The first-order chi connectivity index (χ1) is 8.24. The molecular formula is C14H19NOS. The van der Waals surface area contributed by atoms with Gasteiger partial charge in [-0.1, -0.05) is 6.07 Å². The summed E-state index contributed by atoms with van der Waals surface area (Å²) in [5.41, 5.74) is 0. The molecule has 3 rings (SSSR count). The molecule has 17 heavy (non-hydrogen) atoms. The fourth-order valence-corrected chi connectivity index (χ4v) is 3.77. The molecule has 0 aliphatic heterocycles. The third kappa shape index (κ3) is 2.39. The van der Waals surface area contributed by atoms with Gasteiger partial charge in [0, 0.05) is 24.4 Å². The third-order valence-electron chi connectivity index (χ3n) is 4.24. The molecule has 0 radical (unpaired) electrons. The third-order valence-corrected chi connectivity index (χ3v) is 5.18. The molecule has 0 N–H and O–H groups in total. The van der Waals surface area contributed by atoms with E-state index in [1.807, 2.05) is 11.9 Å². The summed E-state index contributed by atoms with van der Waals surface area (Å²) in [5.74, 6) is 2.52. The summed E-state index contributed by atoms with van der Waals surface area (Å²) in [5, 5.41) is 2.10. The number of carbonyl (C=O) groups is 1. The number of amides is 1. The summed E-state index contributed by atoms with van der Waals surface area (Å²) in [6, 6.07) is 4.22. The van der Waals surface area contributed by atoms with E-state index in [-0.39, 0.29) is 0 Å². The maximum Gasteiger partial charge on any atom is 0.225 e. The monoisotopic (exact) mass is 249 g/mol. The van der Waals surface area contributed by atoms with Gasteiger partial charge in [-0.15, -0.1) is 11.3 Å². The highest BCUT2D eigenvalue weighted by atomic mass is 32.1. The lowest BCUT2D eigenvalue weighted by Crippen LogP contribution is -2.33. The van der Waals surface area contributed by atoms with Crippen molar-refractivity contribution in [2.75, 3.05) is 13.6 Å². The van der Waals surface area contributed by atoms with Crippen LogP contribution in [0.2, 0.25) is 0 Å². The van der Waals surface area contributed by atoms with Crippen molar-refractivity contribution in [3.63, 3.8) is 0 Å². The molecule has 0 spiro atoms. The predicted molar refractivity (Wildman–Crippen MR) is 70.0 cm³/mol. The Labute approximate surface area is 107 Å². The zero-order valence-corrected chi connectivity index (χ0v) is 11.1. The Kier molecular flexibility index (Phi) is 2.95. The van der Waals surface area contributed by atoms with Crippen LogP contribution >= 0.6 is 11.3 Å². The van der Waals surface area contributed by atoms with Crippen LogP contribution in [0.1, 0.15) is 24.1 Å². The van der Waals surface area contributed by atoms with Crippen LogP contribution in [0.3, 0.4) is 0 Å². The Hall–Kier alpha value is -0.830. The molecule has 1 heterocycles.